The monoisotopic (exact) mass is 453 g/mol. The number of anilines is 2. The largest absolute Gasteiger partial charge is 0.464 e. The molecule has 0 aliphatic carbocycles. The van der Waals surface area contributed by atoms with Gasteiger partial charge in [-0.05, 0) is 36.8 Å². The average Bonchev–Trinajstić information content (AvgIpc) is 3.43. The Morgan fingerprint density at radius 1 is 1.09 bits per heavy atom. The van der Waals surface area contributed by atoms with Crippen LogP contribution in [-0.2, 0) is 9.47 Å². The number of ether oxygens (including phenoxy) is 2. The van der Waals surface area contributed by atoms with Crippen molar-refractivity contribution >= 4 is 29.5 Å². The highest BCUT2D eigenvalue weighted by Gasteiger charge is 2.24. The molecule has 11 nitrogen and oxygen atoms in total. The van der Waals surface area contributed by atoms with Crippen LogP contribution < -0.4 is 10.6 Å². The van der Waals surface area contributed by atoms with Gasteiger partial charge in [-0.15, -0.1) is 0 Å². The van der Waals surface area contributed by atoms with Crippen LogP contribution >= 0.6 is 0 Å². The second-order valence-corrected chi connectivity index (χ2v) is 6.99. The molecule has 0 radical (unpaired) electrons. The highest BCUT2D eigenvalue weighted by atomic mass is 19.1. The predicted octanol–water partition coefficient (Wildman–Crippen LogP) is 2.88. The van der Waals surface area contributed by atoms with Crippen molar-refractivity contribution in [2.75, 3.05) is 19.5 Å². The molecule has 12 heteroatoms. The zero-order valence-electron chi connectivity index (χ0n) is 17.9. The molecule has 0 aliphatic heterocycles. The molecule has 0 spiro atoms. The van der Waals surface area contributed by atoms with Crippen LogP contribution in [0.2, 0.25) is 0 Å². The number of aryl methyl sites for hydroxylation is 1. The van der Waals surface area contributed by atoms with E-state index in [1.807, 2.05) is 6.92 Å². The molecule has 0 bridgehead atoms. The van der Waals surface area contributed by atoms with Crippen molar-refractivity contribution in [1.82, 2.24) is 29.9 Å². The minimum absolute atomic E-state index is 0.170. The lowest BCUT2D eigenvalue weighted by Crippen LogP contribution is -2.31. The molecule has 1 aromatic carbocycles. The number of amides is 1. The van der Waals surface area contributed by atoms with Crippen LogP contribution in [0, 0.1) is 12.7 Å². The van der Waals surface area contributed by atoms with E-state index in [2.05, 4.69) is 30.8 Å². The normalized spacial score (nSPS) is 11.8. The fourth-order valence-corrected chi connectivity index (χ4v) is 3.24. The van der Waals surface area contributed by atoms with Gasteiger partial charge >= 0.3 is 12.1 Å². The molecule has 3 heterocycles. The predicted molar refractivity (Wildman–Crippen MR) is 115 cm³/mol. The highest BCUT2D eigenvalue weighted by Crippen LogP contribution is 2.25. The Labute approximate surface area is 187 Å². The van der Waals surface area contributed by atoms with Crippen LogP contribution in [0.1, 0.15) is 33.6 Å². The third kappa shape index (κ3) is 4.44. The van der Waals surface area contributed by atoms with Crippen molar-refractivity contribution in [3.05, 3.63) is 71.1 Å². The molecule has 33 heavy (non-hydrogen) atoms. The Kier molecular flexibility index (Phi) is 5.89. The van der Waals surface area contributed by atoms with Gasteiger partial charge in [-0.1, -0.05) is 12.1 Å². The first-order valence-electron chi connectivity index (χ1n) is 9.76. The number of fused-ring (bicyclic) bond motifs is 1. The number of methoxy groups -OCH3 is 2. The summed E-state index contributed by atoms with van der Waals surface area (Å²) in [6, 6.07) is 9.56. The lowest BCUT2D eigenvalue weighted by Gasteiger charge is -2.19. The maximum atomic E-state index is 13.5. The van der Waals surface area contributed by atoms with Gasteiger partial charge in [0.1, 0.15) is 23.2 Å². The van der Waals surface area contributed by atoms with Gasteiger partial charge in [0.05, 0.1) is 14.2 Å². The molecule has 1 amide bonds. The summed E-state index contributed by atoms with van der Waals surface area (Å²) in [6.07, 6.45) is -0.726. The van der Waals surface area contributed by atoms with Crippen molar-refractivity contribution in [2.45, 2.75) is 13.0 Å². The van der Waals surface area contributed by atoms with Crippen molar-refractivity contribution in [3.63, 3.8) is 0 Å². The van der Waals surface area contributed by atoms with Crippen LogP contribution in [0.4, 0.5) is 21.0 Å². The molecule has 3 N–H and O–H groups in total. The lowest BCUT2D eigenvalue weighted by molar-refractivity contribution is 0.0593. The van der Waals surface area contributed by atoms with E-state index in [9.17, 15) is 14.0 Å². The average molecular weight is 453 g/mol. The summed E-state index contributed by atoms with van der Waals surface area (Å²) >= 11 is 0. The van der Waals surface area contributed by atoms with Crippen LogP contribution in [-0.4, -0.2) is 50.8 Å². The maximum absolute atomic E-state index is 13.5. The molecule has 0 aliphatic rings. The molecule has 170 valence electrons. The number of carbonyl (C=O) groups excluding carboxylic acids is 2. The van der Waals surface area contributed by atoms with E-state index in [0.29, 0.717) is 17.0 Å². The number of nitrogens with one attached hydrogen (secondary N) is 3. The van der Waals surface area contributed by atoms with E-state index >= 15 is 0 Å². The zero-order chi connectivity index (χ0) is 23.5. The summed E-state index contributed by atoms with van der Waals surface area (Å²) in [4.78, 5) is 33.4. The van der Waals surface area contributed by atoms with Crippen LogP contribution in [0.5, 0.6) is 0 Å². The van der Waals surface area contributed by atoms with Gasteiger partial charge in [-0.25, -0.2) is 19.0 Å². The number of benzene rings is 1. The standard InChI is InChI=1S/C21H20FN7O4/c1-11-10-15(28-27-11)23-20-26-18(24-16-9-8-14(29(16)20)19(30)32-2)17(25-21(31)33-3)12-4-6-13(22)7-5-12/h4-10,17H,1-3H3,(H,25,31)(H2,23,24,26,27,28). The van der Waals surface area contributed by atoms with Crippen LogP contribution in [0.15, 0.2) is 42.5 Å². The van der Waals surface area contributed by atoms with Gasteiger partial charge in [-0.3, -0.25) is 9.50 Å². The Balaban J connectivity index is 1.88. The van der Waals surface area contributed by atoms with E-state index < -0.39 is 23.9 Å². The molecular formula is C21H20FN7O4. The van der Waals surface area contributed by atoms with E-state index in [1.54, 1.807) is 18.2 Å². The Morgan fingerprint density at radius 2 is 1.85 bits per heavy atom. The number of alkyl carbamates (subject to hydrolysis) is 1. The van der Waals surface area contributed by atoms with Gasteiger partial charge in [0.2, 0.25) is 5.95 Å². The first-order valence-corrected chi connectivity index (χ1v) is 9.76. The second kappa shape index (κ2) is 8.94. The molecule has 1 atom stereocenters. The van der Waals surface area contributed by atoms with Crippen LogP contribution in [0.25, 0.3) is 5.65 Å². The topological polar surface area (TPSA) is 136 Å². The Morgan fingerprint density at radius 3 is 2.48 bits per heavy atom. The summed E-state index contributed by atoms with van der Waals surface area (Å²) in [5.41, 5.74) is 1.87. The minimum atomic E-state index is -0.874. The fraction of sp³-hybridized carbons (Fsp3) is 0.190. The molecular weight excluding hydrogens is 433 g/mol. The van der Waals surface area contributed by atoms with E-state index in [-0.39, 0.29) is 17.5 Å². The molecule has 3 aromatic heterocycles. The SMILES string of the molecule is COC(=O)NC(c1ccc(F)cc1)c1nc(Nc2cc(C)[nH]n2)n2c(C(=O)OC)ccc2n1. The minimum Gasteiger partial charge on any atom is -0.464 e. The van der Waals surface area contributed by atoms with Gasteiger partial charge < -0.3 is 20.1 Å². The van der Waals surface area contributed by atoms with Crippen molar-refractivity contribution in [1.29, 1.82) is 0 Å². The summed E-state index contributed by atoms with van der Waals surface area (Å²) in [6.45, 7) is 1.83. The maximum Gasteiger partial charge on any atom is 0.407 e. The van der Waals surface area contributed by atoms with Gasteiger partial charge in [0, 0.05) is 11.8 Å². The smallest absolute Gasteiger partial charge is 0.407 e. The van der Waals surface area contributed by atoms with Crippen molar-refractivity contribution in [3.8, 4) is 0 Å². The lowest BCUT2D eigenvalue weighted by atomic mass is 10.1. The van der Waals surface area contributed by atoms with Gasteiger partial charge in [0.25, 0.3) is 0 Å². The highest BCUT2D eigenvalue weighted by molar-refractivity contribution is 5.89. The number of H-pyrrole nitrogens is 1. The fourth-order valence-electron chi connectivity index (χ4n) is 3.24. The Bertz CT molecular complexity index is 1320. The molecule has 0 saturated heterocycles. The third-order valence-corrected chi connectivity index (χ3v) is 4.77. The number of aromatic nitrogens is 5. The second-order valence-electron chi connectivity index (χ2n) is 6.99. The van der Waals surface area contributed by atoms with Crippen LogP contribution in [0.3, 0.4) is 0 Å². The first-order chi connectivity index (χ1) is 15.9. The number of aromatic amines is 1. The number of nitrogens with zero attached hydrogens (tertiary/aromatic N) is 4. The number of hydrogen-bond donors (Lipinski definition) is 3. The molecule has 0 fully saturated rings. The quantitative estimate of drug-likeness (QED) is 0.379. The summed E-state index contributed by atoms with van der Waals surface area (Å²) < 4.78 is 24.6. The number of hydrogen-bond acceptors (Lipinski definition) is 8. The van der Waals surface area contributed by atoms with Crippen molar-refractivity contribution in [2.24, 2.45) is 0 Å². The molecule has 4 aromatic rings. The van der Waals surface area contributed by atoms with E-state index in [4.69, 9.17) is 9.47 Å². The first kappa shape index (κ1) is 21.7. The van der Waals surface area contributed by atoms with Crippen molar-refractivity contribution < 1.29 is 23.5 Å². The number of rotatable bonds is 6. The summed E-state index contributed by atoms with van der Waals surface area (Å²) in [7, 11) is 2.50. The van der Waals surface area contributed by atoms with Gasteiger partial charge in [-0.2, -0.15) is 10.1 Å². The number of esters is 1. The zero-order valence-corrected chi connectivity index (χ0v) is 17.9. The van der Waals surface area contributed by atoms with E-state index in [0.717, 1.165) is 5.69 Å². The number of halogens is 1. The number of carbonyl (C=O) groups is 2. The molecule has 1 unspecified atom stereocenters. The van der Waals surface area contributed by atoms with Gasteiger partial charge in [0.15, 0.2) is 11.6 Å². The van der Waals surface area contributed by atoms with E-state index in [1.165, 1.54) is 42.9 Å². The Hall–Kier alpha value is -4.48. The summed E-state index contributed by atoms with van der Waals surface area (Å²) in [5.74, 6) is -0.204. The third-order valence-electron chi connectivity index (χ3n) is 4.77. The molecule has 4 rings (SSSR count). The molecule has 0 saturated carbocycles. The summed E-state index contributed by atoms with van der Waals surface area (Å²) in [5, 5.41) is 12.7.